The SMILES string of the molecule is CCC(C)C(N)C(=O)NC(Cc1c[nH]c2ccccc12)C(=O)NC(Cc1c[nH]c2ccccc12)C(=O)NC(CS)C(=O)O. The topological polar surface area (TPSA) is 182 Å². The van der Waals surface area contributed by atoms with Gasteiger partial charge in [0.15, 0.2) is 0 Å². The highest BCUT2D eigenvalue weighted by molar-refractivity contribution is 7.80. The van der Waals surface area contributed by atoms with Gasteiger partial charge in [0.05, 0.1) is 6.04 Å². The molecule has 2 aromatic carbocycles. The molecule has 3 amide bonds. The fourth-order valence-corrected chi connectivity index (χ4v) is 5.22. The number of nitrogens with one attached hydrogen (secondary N) is 5. The molecule has 228 valence electrons. The average molecular weight is 607 g/mol. The van der Waals surface area contributed by atoms with Gasteiger partial charge in [-0.05, 0) is 29.2 Å². The maximum absolute atomic E-state index is 13.9. The maximum atomic E-state index is 13.9. The lowest BCUT2D eigenvalue weighted by molar-refractivity contribution is -0.141. The first-order valence-electron chi connectivity index (χ1n) is 14.2. The first-order valence-corrected chi connectivity index (χ1v) is 14.9. The molecule has 0 spiro atoms. The van der Waals surface area contributed by atoms with E-state index < -0.39 is 47.9 Å². The fraction of sp³-hybridized carbons (Fsp3) is 0.355. The van der Waals surface area contributed by atoms with Gasteiger partial charge in [0.1, 0.15) is 18.1 Å². The molecule has 8 N–H and O–H groups in total. The average Bonchev–Trinajstić information content (AvgIpc) is 3.61. The van der Waals surface area contributed by atoms with Crippen molar-refractivity contribution in [1.29, 1.82) is 0 Å². The zero-order valence-electron chi connectivity index (χ0n) is 24.1. The summed E-state index contributed by atoms with van der Waals surface area (Å²) in [4.78, 5) is 58.5. The number of nitrogens with two attached hydrogens (primary N) is 1. The first-order chi connectivity index (χ1) is 20.6. The lowest BCUT2D eigenvalue weighted by Gasteiger charge is -2.26. The Hall–Kier alpha value is -4.29. The monoisotopic (exact) mass is 606 g/mol. The van der Waals surface area contributed by atoms with Crippen LogP contribution in [0.2, 0.25) is 0 Å². The maximum Gasteiger partial charge on any atom is 0.327 e. The van der Waals surface area contributed by atoms with Crippen molar-refractivity contribution in [3.8, 4) is 0 Å². The lowest BCUT2D eigenvalue weighted by Crippen LogP contribution is -2.58. The highest BCUT2D eigenvalue weighted by atomic mass is 32.1. The number of rotatable bonds is 14. The van der Waals surface area contributed by atoms with Crippen LogP contribution in [0.5, 0.6) is 0 Å². The van der Waals surface area contributed by atoms with E-state index in [1.807, 2.05) is 62.4 Å². The molecule has 0 aliphatic rings. The minimum atomic E-state index is -1.26. The van der Waals surface area contributed by atoms with Crippen molar-refractivity contribution in [2.45, 2.75) is 57.3 Å². The number of carboxylic acid groups (broad SMARTS) is 1. The van der Waals surface area contributed by atoms with Gasteiger partial charge in [-0.3, -0.25) is 14.4 Å². The largest absolute Gasteiger partial charge is 0.480 e. The predicted octanol–water partition coefficient (Wildman–Crippen LogP) is 2.28. The molecule has 0 fully saturated rings. The number of aromatic nitrogens is 2. The van der Waals surface area contributed by atoms with Gasteiger partial charge in [-0.25, -0.2) is 4.79 Å². The van der Waals surface area contributed by atoms with Crippen molar-refractivity contribution in [2.24, 2.45) is 11.7 Å². The van der Waals surface area contributed by atoms with Crippen LogP contribution in [0.3, 0.4) is 0 Å². The molecule has 12 heteroatoms. The van der Waals surface area contributed by atoms with E-state index in [1.54, 1.807) is 12.4 Å². The summed E-state index contributed by atoms with van der Waals surface area (Å²) in [5.41, 5.74) is 9.48. The number of amides is 3. The van der Waals surface area contributed by atoms with Gasteiger partial charge in [0.2, 0.25) is 17.7 Å². The van der Waals surface area contributed by atoms with Gasteiger partial charge in [0.25, 0.3) is 0 Å². The van der Waals surface area contributed by atoms with E-state index in [0.717, 1.165) is 32.9 Å². The number of benzene rings is 2. The highest BCUT2D eigenvalue weighted by Gasteiger charge is 2.32. The summed E-state index contributed by atoms with van der Waals surface area (Å²) in [7, 11) is 0. The molecule has 5 unspecified atom stereocenters. The van der Waals surface area contributed by atoms with Crippen LogP contribution in [0.1, 0.15) is 31.4 Å². The Morgan fingerprint density at radius 3 is 1.67 bits per heavy atom. The van der Waals surface area contributed by atoms with Crippen LogP contribution in [0.25, 0.3) is 21.8 Å². The molecule has 2 aromatic heterocycles. The molecule has 4 aromatic rings. The molecule has 43 heavy (non-hydrogen) atoms. The molecule has 0 aliphatic carbocycles. The van der Waals surface area contributed by atoms with Crippen molar-refractivity contribution in [3.63, 3.8) is 0 Å². The number of hydrogen-bond acceptors (Lipinski definition) is 6. The predicted molar refractivity (Wildman–Crippen MR) is 169 cm³/mol. The molecule has 0 aliphatic heterocycles. The van der Waals surface area contributed by atoms with E-state index in [2.05, 4.69) is 38.5 Å². The van der Waals surface area contributed by atoms with Gasteiger partial charge < -0.3 is 36.8 Å². The number of carboxylic acids is 1. The summed E-state index contributed by atoms with van der Waals surface area (Å²) in [6.07, 6.45) is 4.41. The van der Waals surface area contributed by atoms with Crippen molar-refractivity contribution >= 4 is 58.1 Å². The van der Waals surface area contributed by atoms with Crippen molar-refractivity contribution < 1.29 is 24.3 Å². The quantitative estimate of drug-likeness (QED) is 0.102. The van der Waals surface area contributed by atoms with E-state index in [1.165, 1.54) is 0 Å². The lowest BCUT2D eigenvalue weighted by atomic mass is 9.98. The molecule has 0 bridgehead atoms. The number of aliphatic carboxylic acids is 1. The summed E-state index contributed by atoms with van der Waals surface area (Å²) in [5.74, 6) is -3.27. The van der Waals surface area contributed by atoms with E-state index in [9.17, 15) is 24.3 Å². The Morgan fingerprint density at radius 2 is 1.23 bits per heavy atom. The minimum absolute atomic E-state index is 0.0701. The molecule has 0 saturated carbocycles. The van der Waals surface area contributed by atoms with Crippen molar-refractivity contribution in [3.05, 3.63) is 72.1 Å². The first kappa shape index (κ1) is 31.6. The van der Waals surface area contributed by atoms with Crippen LogP contribution in [-0.4, -0.2) is 68.7 Å². The van der Waals surface area contributed by atoms with Gasteiger partial charge >= 0.3 is 5.97 Å². The third-order valence-corrected chi connectivity index (χ3v) is 8.19. The number of aromatic amines is 2. The normalized spacial score (nSPS) is 14.9. The molecular weight excluding hydrogens is 568 g/mol. The third-order valence-electron chi connectivity index (χ3n) is 7.82. The molecule has 2 heterocycles. The number of H-pyrrole nitrogens is 2. The number of fused-ring (bicyclic) bond motifs is 2. The number of carbonyl (C=O) groups excluding carboxylic acids is 3. The van der Waals surface area contributed by atoms with Crippen LogP contribution in [0.4, 0.5) is 0 Å². The number of carbonyl (C=O) groups is 4. The summed E-state index contributed by atoms with van der Waals surface area (Å²) in [6, 6.07) is 10.8. The van der Waals surface area contributed by atoms with E-state index in [-0.39, 0.29) is 24.5 Å². The molecule has 0 saturated heterocycles. The molecule has 5 atom stereocenters. The summed E-state index contributed by atoms with van der Waals surface area (Å²) < 4.78 is 0. The summed E-state index contributed by atoms with van der Waals surface area (Å²) in [6.45, 7) is 3.79. The zero-order valence-corrected chi connectivity index (χ0v) is 25.0. The van der Waals surface area contributed by atoms with Crippen molar-refractivity contribution in [2.75, 3.05) is 5.75 Å². The highest BCUT2D eigenvalue weighted by Crippen LogP contribution is 2.21. The second kappa shape index (κ2) is 14.3. The van der Waals surface area contributed by atoms with Gasteiger partial charge in [-0.15, -0.1) is 0 Å². The molecular formula is C31H38N6O5S. The fourth-order valence-electron chi connectivity index (χ4n) is 4.97. The molecule has 0 radical (unpaired) electrons. The van der Waals surface area contributed by atoms with Crippen LogP contribution in [0.15, 0.2) is 60.9 Å². The Labute approximate surface area is 254 Å². The van der Waals surface area contributed by atoms with E-state index in [4.69, 9.17) is 5.73 Å². The van der Waals surface area contributed by atoms with E-state index >= 15 is 0 Å². The Bertz CT molecular complexity index is 1600. The van der Waals surface area contributed by atoms with Crippen LogP contribution >= 0.6 is 12.6 Å². The number of thiol groups is 1. The molecule has 4 rings (SSSR count). The summed E-state index contributed by atoms with van der Waals surface area (Å²) >= 11 is 4.05. The van der Waals surface area contributed by atoms with Crippen LogP contribution in [0, 0.1) is 5.92 Å². The van der Waals surface area contributed by atoms with E-state index in [0.29, 0.717) is 6.42 Å². The zero-order chi connectivity index (χ0) is 31.1. The van der Waals surface area contributed by atoms with Gasteiger partial charge in [0, 0.05) is 52.8 Å². The minimum Gasteiger partial charge on any atom is -0.480 e. The smallest absolute Gasteiger partial charge is 0.327 e. The van der Waals surface area contributed by atoms with Crippen LogP contribution < -0.4 is 21.7 Å². The number of para-hydroxylation sites is 2. The molecule has 11 nitrogen and oxygen atoms in total. The second-order valence-corrected chi connectivity index (χ2v) is 11.1. The second-order valence-electron chi connectivity index (χ2n) is 10.7. The Balaban J connectivity index is 1.64. The Kier molecular flexibility index (Phi) is 10.5. The third kappa shape index (κ3) is 7.57. The number of hydrogen-bond donors (Lipinski definition) is 8. The Morgan fingerprint density at radius 1 is 0.791 bits per heavy atom. The van der Waals surface area contributed by atoms with Crippen LogP contribution in [-0.2, 0) is 32.0 Å². The van der Waals surface area contributed by atoms with Gasteiger partial charge in [-0.2, -0.15) is 12.6 Å². The summed E-state index contributed by atoms with van der Waals surface area (Å²) in [5, 5.41) is 19.3. The standard InChI is InChI=1S/C31H38N6O5S/c1-3-17(2)27(32)30(40)36-25(13-19-15-34-23-11-7-5-9-21(19)23)28(38)35-24(29(39)37-26(16-43)31(41)42)12-18-14-33-22-10-6-4-8-20(18)22/h4-11,14-15,17,24-27,33-34,43H,3,12-13,16,32H2,1-2H3,(H,35,38)(H,36,40)(H,37,39)(H,41,42). The van der Waals surface area contributed by atoms with Gasteiger partial charge in [-0.1, -0.05) is 56.7 Å². The van der Waals surface area contributed by atoms with Crippen molar-refractivity contribution in [1.82, 2.24) is 25.9 Å².